The van der Waals surface area contributed by atoms with E-state index in [-0.39, 0.29) is 10.9 Å². The zero-order valence-electron chi connectivity index (χ0n) is 20.5. The van der Waals surface area contributed by atoms with Gasteiger partial charge in [0.2, 0.25) is 0 Å². The van der Waals surface area contributed by atoms with Crippen LogP contribution in [0.15, 0.2) is 99.6 Å². The molecule has 0 aliphatic carbocycles. The molecule has 0 saturated carbocycles. The predicted molar refractivity (Wildman–Crippen MR) is 131 cm³/mol. The Labute approximate surface area is 219 Å². The molecule has 38 heavy (non-hydrogen) atoms. The maximum absolute atomic E-state index is 11.6. The second kappa shape index (κ2) is 14.0. The average Bonchev–Trinajstić information content (AvgIpc) is 2.88. The Balaban J connectivity index is 0.000000332. The summed E-state index contributed by atoms with van der Waals surface area (Å²) in [5, 5.41) is 0. The highest BCUT2D eigenvalue weighted by Gasteiger charge is 2.76. The summed E-state index contributed by atoms with van der Waals surface area (Å²) in [5.41, 5.74) is 1.51. The smallest absolute Gasteiger partial charge is 0.203 e. The lowest BCUT2D eigenvalue weighted by atomic mass is 10.1. The first-order valence-corrected chi connectivity index (χ1v) is 13.1. The van der Waals surface area contributed by atoms with Crippen LogP contribution in [0, 0.1) is 0 Å². The highest BCUT2D eigenvalue weighted by molar-refractivity contribution is 7.97. The van der Waals surface area contributed by atoms with Crippen molar-refractivity contribution < 1.29 is 39.5 Å². The molecule has 0 aliphatic heterocycles. The molecule has 0 nitrogen and oxygen atoms in total. The van der Waals surface area contributed by atoms with E-state index in [1.807, 2.05) is 0 Å². The zero-order valence-corrected chi connectivity index (χ0v) is 21.3. The number of rotatable bonds is 10. The number of halogens is 9. The molecule has 3 rings (SSSR count). The fourth-order valence-corrected chi connectivity index (χ4v) is 5.77. The monoisotopic (exact) mass is 567 g/mol. The van der Waals surface area contributed by atoms with Crippen LogP contribution in [0.2, 0.25) is 0 Å². The SMILES string of the molecule is CCCCCCc1ccccc1[S+](c1ccccc1)c1ccccc1.FC(F)C(F)(F)C(F)(F)C(F)(F)F. The summed E-state index contributed by atoms with van der Waals surface area (Å²) < 4.78 is 102. The van der Waals surface area contributed by atoms with Crippen LogP contribution in [0.5, 0.6) is 0 Å². The first-order chi connectivity index (χ1) is 17.8. The molecule has 3 aromatic carbocycles. The Morgan fingerprint density at radius 1 is 0.632 bits per heavy atom. The molecular formula is C28H28F9S+. The van der Waals surface area contributed by atoms with E-state index >= 15 is 0 Å². The van der Waals surface area contributed by atoms with Gasteiger partial charge in [-0.3, -0.25) is 0 Å². The maximum atomic E-state index is 11.6. The minimum atomic E-state index is -6.73. The van der Waals surface area contributed by atoms with Gasteiger partial charge in [0.1, 0.15) is 0 Å². The molecule has 0 N–H and O–H groups in total. The fraction of sp³-hybridized carbons (Fsp3) is 0.357. The standard InChI is InChI=1S/C24H27S.C4HF9/c1-2-3-4-7-14-21-15-12-13-20-24(21)25(22-16-8-5-9-17-22)23-18-10-6-11-19-23;5-1(6)2(7,8)3(9,10)4(11,12)13/h5-6,8-13,15-20H,2-4,7,14H2,1H3;1H/q+1;. The first-order valence-electron chi connectivity index (χ1n) is 11.9. The van der Waals surface area contributed by atoms with Crippen molar-refractivity contribution in [2.24, 2.45) is 0 Å². The molecule has 0 heterocycles. The van der Waals surface area contributed by atoms with Crippen molar-refractivity contribution in [3.63, 3.8) is 0 Å². The summed E-state index contributed by atoms with van der Waals surface area (Å²) in [6.07, 6.45) is -5.36. The van der Waals surface area contributed by atoms with Crippen molar-refractivity contribution in [1.29, 1.82) is 0 Å². The predicted octanol–water partition coefficient (Wildman–Crippen LogP) is 9.99. The minimum absolute atomic E-state index is 0.0334. The van der Waals surface area contributed by atoms with Crippen LogP contribution >= 0.6 is 0 Å². The minimum Gasteiger partial charge on any atom is -0.203 e. The highest BCUT2D eigenvalue weighted by Crippen LogP contribution is 2.48. The number of hydrogen-bond donors (Lipinski definition) is 0. The molecule has 0 amide bonds. The molecular weight excluding hydrogens is 539 g/mol. The summed E-state index contributed by atoms with van der Waals surface area (Å²) in [7, 11) is -0.0334. The molecule has 0 saturated heterocycles. The van der Waals surface area contributed by atoms with Crippen LogP contribution in [0.1, 0.15) is 38.2 Å². The molecule has 3 aromatic rings. The van der Waals surface area contributed by atoms with Gasteiger partial charge in [-0.05, 0) is 43.2 Å². The molecule has 0 fully saturated rings. The second-order valence-electron chi connectivity index (χ2n) is 8.35. The third-order valence-corrected chi connectivity index (χ3v) is 7.82. The summed E-state index contributed by atoms with van der Waals surface area (Å²) in [4.78, 5) is 4.28. The van der Waals surface area contributed by atoms with Crippen LogP contribution in [0.4, 0.5) is 39.5 Å². The van der Waals surface area contributed by atoms with E-state index in [0.29, 0.717) is 0 Å². The van der Waals surface area contributed by atoms with Crippen molar-refractivity contribution in [3.05, 3.63) is 90.5 Å². The number of benzene rings is 3. The largest absolute Gasteiger partial charge is 0.460 e. The van der Waals surface area contributed by atoms with Gasteiger partial charge in [-0.25, -0.2) is 8.78 Å². The number of aryl methyl sites for hydroxylation is 1. The van der Waals surface area contributed by atoms with Gasteiger partial charge >= 0.3 is 24.4 Å². The van der Waals surface area contributed by atoms with Gasteiger partial charge < -0.3 is 0 Å². The van der Waals surface area contributed by atoms with Crippen LogP contribution in [0.25, 0.3) is 0 Å². The third kappa shape index (κ3) is 7.94. The second-order valence-corrected chi connectivity index (χ2v) is 10.3. The van der Waals surface area contributed by atoms with Crippen LogP contribution < -0.4 is 0 Å². The van der Waals surface area contributed by atoms with Crippen molar-refractivity contribution in [1.82, 2.24) is 0 Å². The number of alkyl halides is 9. The van der Waals surface area contributed by atoms with E-state index in [9.17, 15) is 39.5 Å². The first kappa shape index (κ1) is 31.6. The lowest BCUT2D eigenvalue weighted by molar-refractivity contribution is -0.375. The Morgan fingerprint density at radius 3 is 1.53 bits per heavy atom. The van der Waals surface area contributed by atoms with E-state index in [1.54, 1.807) is 0 Å². The summed E-state index contributed by atoms with van der Waals surface area (Å²) >= 11 is 0. The van der Waals surface area contributed by atoms with Gasteiger partial charge in [0.25, 0.3) is 0 Å². The van der Waals surface area contributed by atoms with Gasteiger partial charge in [-0.1, -0.05) is 80.8 Å². The van der Waals surface area contributed by atoms with Gasteiger partial charge in [-0.15, -0.1) is 0 Å². The van der Waals surface area contributed by atoms with Crippen molar-refractivity contribution >= 4 is 10.9 Å². The van der Waals surface area contributed by atoms with E-state index in [0.717, 1.165) is 0 Å². The Hall–Kier alpha value is -2.62. The molecule has 0 atom stereocenters. The lowest BCUT2D eigenvalue weighted by Gasteiger charge is -2.27. The van der Waals surface area contributed by atoms with Gasteiger partial charge in [0.05, 0.1) is 10.9 Å². The fourth-order valence-electron chi connectivity index (χ4n) is 3.48. The van der Waals surface area contributed by atoms with Crippen LogP contribution in [-0.4, -0.2) is 24.4 Å². The average molecular weight is 568 g/mol. The maximum Gasteiger partial charge on any atom is 0.460 e. The Bertz CT molecular complexity index is 1040. The van der Waals surface area contributed by atoms with Gasteiger partial charge in [0, 0.05) is 5.56 Å². The Morgan fingerprint density at radius 2 is 1.11 bits per heavy atom. The van der Waals surface area contributed by atoms with Crippen molar-refractivity contribution in [2.45, 2.75) is 78.2 Å². The topological polar surface area (TPSA) is 0 Å². The van der Waals surface area contributed by atoms with Crippen molar-refractivity contribution in [3.8, 4) is 0 Å². The zero-order chi connectivity index (χ0) is 28.4. The highest BCUT2D eigenvalue weighted by atomic mass is 32.2. The lowest BCUT2D eigenvalue weighted by Crippen LogP contribution is -2.55. The van der Waals surface area contributed by atoms with Crippen molar-refractivity contribution in [2.75, 3.05) is 0 Å². The molecule has 0 unspecified atom stereocenters. The summed E-state index contributed by atoms with van der Waals surface area (Å²) in [6.45, 7) is 2.27. The summed E-state index contributed by atoms with van der Waals surface area (Å²) in [5.74, 6) is -13.1. The van der Waals surface area contributed by atoms with Gasteiger partial charge in [-0.2, -0.15) is 30.7 Å². The van der Waals surface area contributed by atoms with E-state index < -0.39 is 24.4 Å². The molecule has 0 radical (unpaired) electrons. The number of unbranched alkanes of at least 4 members (excludes halogenated alkanes) is 3. The van der Waals surface area contributed by atoms with Crippen LogP contribution in [0.3, 0.4) is 0 Å². The van der Waals surface area contributed by atoms with E-state index in [1.165, 1.54) is 52.4 Å². The van der Waals surface area contributed by atoms with E-state index in [4.69, 9.17) is 0 Å². The Kier molecular flexibility index (Phi) is 11.6. The molecule has 0 aromatic heterocycles. The molecule has 0 aliphatic rings. The quantitative estimate of drug-likeness (QED) is 0.130. The molecule has 0 spiro atoms. The molecule has 10 heteroatoms. The van der Waals surface area contributed by atoms with Gasteiger partial charge in [0.15, 0.2) is 14.7 Å². The molecule has 208 valence electrons. The van der Waals surface area contributed by atoms with Crippen LogP contribution in [-0.2, 0) is 17.3 Å². The van der Waals surface area contributed by atoms with E-state index in [2.05, 4.69) is 91.9 Å². The molecule has 0 bridgehead atoms. The third-order valence-electron chi connectivity index (χ3n) is 5.50. The summed E-state index contributed by atoms with van der Waals surface area (Å²) in [6, 6.07) is 30.9. The number of hydrogen-bond acceptors (Lipinski definition) is 0. The normalized spacial score (nSPS) is 12.4.